The van der Waals surface area contributed by atoms with Gasteiger partial charge in [-0.3, -0.25) is 14.9 Å². The minimum Gasteiger partial charge on any atom is -0.359 e. The fourth-order valence-electron chi connectivity index (χ4n) is 3.19. The third-order valence-corrected chi connectivity index (χ3v) is 4.50. The van der Waals surface area contributed by atoms with Crippen molar-refractivity contribution in [1.29, 1.82) is 0 Å². The molecule has 2 N–H and O–H groups in total. The minimum absolute atomic E-state index is 0.0381. The van der Waals surface area contributed by atoms with Crippen LogP contribution in [0.2, 0.25) is 0 Å². The van der Waals surface area contributed by atoms with Crippen LogP contribution in [-0.4, -0.2) is 15.4 Å². The normalized spacial score (nSPS) is 15.7. The number of carbonyl (C=O) groups is 1. The van der Waals surface area contributed by atoms with Crippen LogP contribution in [0.3, 0.4) is 0 Å². The van der Waals surface area contributed by atoms with Crippen LogP contribution in [-0.2, 0) is 0 Å². The number of benzene rings is 2. The molecular weight excluding hydrogens is 332 g/mol. The Kier molecular flexibility index (Phi) is 3.69. The first-order valence-corrected chi connectivity index (χ1v) is 8.14. The molecular formula is C19H16N4O3. The second-order valence-electron chi connectivity index (χ2n) is 6.12. The van der Waals surface area contributed by atoms with Crippen LogP contribution in [0.25, 0.3) is 5.69 Å². The highest BCUT2D eigenvalue weighted by Crippen LogP contribution is 2.30. The molecule has 0 bridgehead atoms. The van der Waals surface area contributed by atoms with Gasteiger partial charge in [0, 0.05) is 24.0 Å². The lowest BCUT2D eigenvalue weighted by molar-refractivity contribution is -0.384. The molecule has 1 aromatic heterocycles. The van der Waals surface area contributed by atoms with Gasteiger partial charge in [0.05, 0.1) is 21.9 Å². The summed E-state index contributed by atoms with van der Waals surface area (Å²) in [6.45, 7) is 1.96. The summed E-state index contributed by atoms with van der Waals surface area (Å²) in [6, 6.07) is 15.7. The monoisotopic (exact) mass is 348 g/mol. The van der Waals surface area contributed by atoms with Crippen molar-refractivity contribution in [2.24, 2.45) is 0 Å². The number of carbonyl (C=O) groups excluding carboxylic acids is 1. The molecule has 26 heavy (non-hydrogen) atoms. The zero-order valence-corrected chi connectivity index (χ0v) is 14.0. The van der Waals surface area contributed by atoms with Gasteiger partial charge in [-0.15, -0.1) is 0 Å². The second kappa shape index (κ2) is 6.03. The zero-order valence-electron chi connectivity index (χ0n) is 14.0. The van der Waals surface area contributed by atoms with E-state index in [2.05, 4.69) is 10.6 Å². The Morgan fingerprint density at radius 3 is 2.54 bits per heavy atom. The first kappa shape index (κ1) is 15.9. The van der Waals surface area contributed by atoms with E-state index in [0.29, 0.717) is 5.56 Å². The molecule has 1 atom stereocenters. The van der Waals surface area contributed by atoms with Crippen LogP contribution in [0.4, 0.5) is 11.4 Å². The van der Waals surface area contributed by atoms with Crippen molar-refractivity contribution in [2.75, 3.05) is 5.32 Å². The summed E-state index contributed by atoms with van der Waals surface area (Å²) in [7, 11) is 0. The maximum atomic E-state index is 12.5. The van der Waals surface area contributed by atoms with Crippen LogP contribution < -0.4 is 10.6 Å². The van der Waals surface area contributed by atoms with Gasteiger partial charge in [0.25, 0.3) is 11.6 Å². The van der Waals surface area contributed by atoms with Crippen molar-refractivity contribution in [2.45, 2.75) is 13.1 Å². The highest BCUT2D eigenvalue weighted by molar-refractivity contribution is 6.02. The topological polar surface area (TPSA) is 89.2 Å². The summed E-state index contributed by atoms with van der Waals surface area (Å²) in [5, 5.41) is 17.2. The summed E-state index contributed by atoms with van der Waals surface area (Å²) >= 11 is 0. The molecule has 4 rings (SSSR count). The van der Waals surface area contributed by atoms with Crippen LogP contribution in [0.1, 0.15) is 27.8 Å². The van der Waals surface area contributed by atoms with Gasteiger partial charge in [0.2, 0.25) is 0 Å². The molecule has 7 heteroatoms. The summed E-state index contributed by atoms with van der Waals surface area (Å²) in [5.74, 6) is -0.135. The van der Waals surface area contributed by atoms with Crippen LogP contribution >= 0.6 is 0 Å². The molecule has 0 unspecified atom stereocenters. The van der Waals surface area contributed by atoms with E-state index in [1.54, 1.807) is 18.2 Å². The molecule has 1 aliphatic heterocycles. The molecule has 1 aliphatic rings. The highest BCUT2D eigenvalue weighted by atomic mass is 16.6. The first-order valence-electron chi connectivity index (χ1n) is 8.14. The van der Waals surface area contributed by atoms with Gasteiger partial charge in [-0.2, -0.15) is 0 Å². The fourth-order valence-corrected chi connectivity index (χ4v) is 3.19. The average molecular weight is 348 g/mol. The number of fused-ring (bicyclic) bond motifs is 1. The molecule has 0 saturated carbocycles. The van der Waals surface area contributed by atoms with Crippen molar-refractivity contribution in [3.05, 3.63) is 87.7 Å². The SMILES string of the molecule is Cc1cccc2c1N[C@@H](c1cccn1-c1ccc([N+](=O)[O-])cc1)NC2=O. The number of non-ortho nitro benzene ring substituents is 1. The van der Waals surface area contributed by atoms with Crippen LogP contribution in [0.15, 0.2) is 60.8 Å². The Labute approximate surface area is 149 Å². The van der Waals surface area contributed by atoms with E-state index in [1.807, 2.05) is 42.0 Å². The molecule has 7 nitrogen and oxygen atoms in total. The highest BCUT2D eigenvalue weighted by Gasteiger charge is 2.27. The van der Waals surface area contributed by atoms with Gasteiger partial charge in [0.1, 0.15) is 6.17 Å². The molecule has 2 aromatic carbocycles. The predicted molar refractivity (Wildman–Crippen MR) is 97.4 cm³/mol. The van der Waals surface area contributed by atoms with E-state index < -0.39 is 11.1 Å². The number of rotatable bonds is 3. The van der Waals surface area contributed by atoms with Gasteiger partial charge in [0.15, 0.2) is 0 Å². The maximum Gasteiger partial charge on any atom is 0.269 e. The molecule has 3 aromatic rings. The molecule has 130 valence electrons. The summed E-state index contributed by atoms with van der Waals surface area (Å²) in [4.78, 5) is 22.9. The third-order valence-electron chi connectivity index (χ3n) is 4.50. The number of aryl methyl sites for hydroxylation is 1. The number of hydrogen-bond acceptors (Lipinski definition) is 4. The number of hydrogen-bond donors (Lipinski definition) is 2. The average Bonchev–Trinajstić information content (AvgIpc) is 3.12. The number of anilines is 1. The van der Waals surface area contributed by atoms with E-state index >= 15 is 0 Å². The van der Waals surface area contributed by atoms with E-state index in [0.717, 1.165) is 22.6 Å². The molecule has 1 amide bonds. The number of aromatic nitrogens is 1. The van der Waals surface area contributed by atoms with Gasteiger partial charge in [-0.25, -0.2) is 0 Å². The molecule has 0 aliphatic carbocycles. The summed E-state index contributed by atoms with van der Waals surface area (Å²) in [6.07, 6.45) is 1.46. The lowest BCUT2D eigenvalue weighted by Gasteiger charge is -2.30. The smallest absolute Gasteiger partial charge is 0.269 e. The van der Waals surface area contributed by atoms with E-state index in [9.17, 15) is 14.9 Å². The zero-order chi connectivity index (χ0) is 18.3. The third kappa shape index (κ3) is 2.59. The largest absolute Gasteiger partial charge is 0.359 e. The molecule has 2 heterocycles. The number of nitro benzene ring substituents is 1. The number of nitrogens with zero attached hydrogens (tertiary/aromatic N) is 2. The Bertz CT molecular complexity index is 1010. The van der Waals surface area contributed by atoms with Crippen molar-refractivity contribution in [3.8, 4) is 5.69 Å². The predicted octanol–water partition coefficient (Wildman–Crippen LogP) is 3.55. The van der Waals surface area contributed by atoms with Crippen molar-refractivity contribution >= 4 is 17.3 Å². The number of para-hydroxylation sites is 1. The van der Waals surface area contributed by atoms with Crippen LogP contribution in [0.5, 0.6) is 0 Å². The Hall–Kier alpha value is -3.61. The van der Waals surface area contributed by atoms with E-state index in [-0.39, 0.29) is 11.6 Å². The van der Waals surface area contributed by atoms with Gasteiger partial charge in [-0.1, -0.05) is 12.1 Å². The first-order chi connectivity index (χ1) is 12.5. The Morgan fingerprint density at radius 2 is 1.81 bits per heavy atom. The molecule has 0 saturated heterocycles. The van der Waals surface area contributed by atoms with E-state index in [4.69, 9.17) is 0 Å². The van der Waals surface area contributed by atoms with E-state index in [1.165, 1.54) is 12.1 Å². The molecule has 0 fully saturated rings. The van der Waals surface area contributed by atoms with Crippen molar-refractivity contribution in [1.82, 2.24) is 9.88 Å². The molecule has 0 spiro atoms. The lowest BCUT2D eigenvalue weighted by Crippen LogP contribution is -2.39. The standard InChI is InChI=1S/C19H16N4O3/c1-12-4-2-5-15-17(12)20-18(21-19(15)24)16-6-3-11-22(16)13-7-9-14(10-8-13)23(25)26/h2-11,18,20H,1H3,(H,21,24)/t18-/m1/s1. The van der Waals surface area contributed by atoms with Gasteiger partial charge in [-0.05, 0) is 42.8 Å². The Morgan fingerprint density at radius 1 is 1.04 bits per heavy atom. The Balaban J connectivity index is 1.70. The number of nitrogens with one attached hydrogen (secondary N) is 2. The molecule has 0 radical (unpaired) electrons. The quantitative estimate of drug-likeness (QED) is 0.559. The maximum absolute atomic E-state index is 12.5. The minimum atomic E-state index is -0.428. The summed E-state index contributed by atoms with van der Waals surface area (Å²) < 4.78 is 1.89. The van der Waals surface area contributed by atoms with Gasteiger partial charge >= 0.3 is 0 Å². The lowest BCUT2D eigenvalue weighted by atomic mass is 10.0. The fraction of sp³-hybridized carbons (Fsp3) is 0.105. The second-order valence-corrected chi connectivity index (χ2v) is 6.12. The number of amides is 1. The summed E-state index contributed by atoms with van der Waals surface area (Å²) in [5.41, 5.74) is 4.09. The number of nitro groups is 1. The van der Waals surface area contributed by atoms with Crippen molar-refractivity contribution < 1.29 is 9.72 Å². The van der Waals surface area contributed by atoms with Crippen LogP contribution in [0, 0.1) is 17.0 Å². The van der Waals surface area contributed by atoms with Gasteiger partial charge < -0.3 is 15.2 Å². The van der Waals surface area contributed by atoms with Crippen molar-refractivity contribution in [3.63, 3.8) is 0 Å².